The van der Waals surface area contributed by atoms with Crippen LogP contribution in [0.2, 0.25) is 0 Å². The average molecular weight is 524 g/mol. The smallest absolute Gasteiger partial charge is 0.241 e. The monoisotopic (exact) mass is 523 g/mol. The Morgan fingerprint density at radius 2 is 2.10 bits per heavy atom. The van der Waals surface area contributed by atoms with Gasteiger partial charge in [-0.3, -0.25) is 13.9 Å². The van der Waals surface area contributed by atoms with Crippen LogP contribution in [0.3, 0.4) is 0 Å². The quantitative estimate of drug-likeness (QED) is 0.362. The number of carbonyl (C=O) groups is 1. The first kappa shape index (κ1) is 24.5. The fraction of sp³-hybridized carbons (Fsp3) is 0.250. The topological polar surface area (TPSA) is 130 Å². The first-order valence-electron chi connectivity index (χ1n) is 12.7. The van der Waals surface area contributed by atoms with Gasteiger partial charge in [0.15, 0.2) is 11.5 Å². The van der Waals surface area contributed by atoms with Gasteiger partial charge < -0.3 is 16.0 Å². The molecule has 0 aliphatic carbocycles. The largest absolute Gasteiger partial charge is 0.358 e. The molecule has 1 fully saturated rings. The first-order valence-corrected chi connectivity index (χ1v) is 12.7. The minimum atomic E-state index is -0.607. The number of halogens is 1. The third kappa shape index (κ3) is 4.34. The molecule has 0 saturated carbocycles. The third-order valence-corrected chi connectivity index (χ3v) is 7.13. The van der Waals surface area contributed by atoms with E-state index in [0.29, 0.717) is 29.3 Å². The predicted molar refractivity (Wildman–Crippen MR) is 145 cm³/mol. The number of anilines is 1. The van der Waals surface area contributed by atoms with Crippen molar-refractivity contribution in [3.05, 3.63) is 66.4 Å². The lowest BCUT2D eigenvalue weighted by Crippen LogP contribution is -2.43. The number of hydrogen-bond donors (Lipinski definition) is 2. The second-order valence-corrected chi connectivity index (χ2v) is 9.66. The van der Waals surface area contributed by atoms with E-state index in [0.717, 1.165) is 41.5 Å². The summed E-state index contributed by atoms with van der Waals surface area (Å²) in [6.07, 6.45) is 7.21. The molecule has 11 heteroatoms. The fourth-order valence-electron chi connectivity index (χ4n) is 5.19. The zero-order valence-electron chi connectivity index (χ0n) is 21.3. The summed E-state index contributed by atoms with van der Waals surface area (Å²) >= 11 is 0. The second kappa shape index (κ2) is 9.81. The van der Waals surface area contributed by atoms with E-state index in [9.17, 15) is 14.4 Å². The van der Waals surface area contributed by atoms with Crippen LogP contribution >= 0.6 is 0 Å². The van der Waals surface area contributed by atoms with Crippen LogP contribution in [0.25, 0.3) is 39.1 Å². The van der Waals surface area contributed by atoms with Crippen LogP contribution in [0.5, 0.6) is 0 Å². The highest BCUT2D eigenvalue weighted by molar-refractivity contribution is 5.90. The van der Waals surface area contributed by atoms with Gasteiger partial charge in [0.25, 0.3) is 0 Å². The number of aromatic nitrogens is 5. The highest BCUT2D eigenvalue weighted by Crippen LogP contribution is 2.37. The Morgan fingerprint density at radius 3 is 2.87 bits per heavy atom. The van der Waals surface area contributed by atoms with Crippen molar-refractivity contribution < 1.29 is 9.18 Å². The number of fused-ring (bicyclic) bond motifs is 2. The van der Waals surface area contributed by atoms with Crippen LogP contribution in [0.4, 0.5) is 10.2 Å². The van der Waals surface area contributed by atoms with Gasteiger partial charge in [-0.1, -0.05) is 12.1 Å². The zero-order chi connectivity index (χ0) is 27.1. The molecule has 1 saturated heterocycles. The molecule has 0 radical (unpaired) electrons. The van der Waals surface area contributed by atoms with Gasteiger partial charge in [-0.2, -0.15) is 10.4 Å². The standard InChI is InChI=1S/C28H26FN9O/c1-32-24(39)16-38-23-7-6-18(11-20(23)14-34-38)26-25(17-4-5-19(13-30)22(29)12-17)35-28-27(33-8-10-37(26)28)36-9-2-3-21(31)15-36/h4-8,10-12,14,21H,2-3,9,15-16,31H2,1H3,(H,32,39)/t21-/m1/s1. The van der Waals surface area contributed by atoms with E-state index in [1.165, 1.54) is 12.1 Å². The summed E-state index contributed by atoms with van der Waals surface area (Å²) in [5.41, 5.74) is 10.4. The van der Waals surface area contributed by atoms with E-state index in [4.69, 9.17) is 10.7 Å². The van der Waals surface area contributed by atoms with Gasteiger partial charge in [0.05, 0.1) is 28.7 Å². The molecule has 1 aliphatic rings. The van der Waals surface area contributed by atoms with Gasteiger partial charge in [-0.15, -0.1) is 0 Å². The molecule has 0 spiro atoms. The Balaban J connectivity index is 1.55. The molecule has 3 N–H and O–H groups in total. The van der Waals surface area contributed by atoms with Crippen LogP contribution in [0.15, 0.2) is 55.0 Å². The summed E-state index contributed by atoms with van der Waals surface area (Å²) in [6, 6.07) is 12.3. The van der Waals surface area contributed by atoms with Crippen molar-refractivity contribution in [1.29, 1.82) is 5.26 Å². The summed E-state index contributed by atoms with van der Waals surface area (Å²) in [7, 11) is 1.59. The number of rotatable bonds is 5. The fourth-order valence-corrected chi connectivity index (χ4v) is 5.19. The number of benzene rings is 2. The lowest BCUT2D eigenvalue weighted by molar-refractivity contribution is -0.121. The highest BCUT2D eigenvalue weighted by Gasteiger charge is 2.25. The van der Waals surface area contributed by atoms with Crippen molar-refractivity contribution >= 4 is 28.3 Å². The number of nitriles is 1. The number of nitrogens with one attached hydrogen (secondary N) is 1. The number of carbonyl (C=O) groups excluding carboxylic acids is 1. The lowest BCUT2D eigenvalue weighted by Gasteiger charge is -2.31. The zero-order valence-corrected chi connectivity index (χ0v) is 21.3. The number of imidazole rings is 1. The summed E-state index contributed by atoms with van der Waals surface area (Å²) in [6.45, 7) is 1.60. The van der Waals surface area contributed by atoms with Gasteiger partial charge in [0, 0.05) is 55.1 Å². The normalized spacial score (nSPS) is 15.5. The molecule has 4 heterocycles. The average Bonchev–Trinajstić information content (AvgIpc) is 3.54. The molecule has 1 aliphatic heterocycles. The summed E-state index contributed by atoms with van der Waals surface area (Å²) in [4.78, 5) is 23.7. The molecular weight excluding hydrogens is 497 g/mol. The first-order chi connectivity index (χ1) is 19.0. The number of nitrogens with two attached hydrogens (primary N) is 1. The SMILES string of the molecule is CNC(=O)Cn1ncc2cc(-c3c(-c4ccc(C#N)c(F)c4)nc4c(N5CCC[C@@H](N)C5)nccn34)ccc21. The van der Waals surface area contributed by atoms with Crippen LogP contribution in [-0.4, -0.2) is 56.2 Å². The van der Waals surface area contributed by atoms with E-state index >= 15 is 0 Å². The van der Waals surface area contributed by atoms with Crippen LogP contribution in [0.1, 0.15) is 18.4 Å². The van der Waals surface area contributed by atoms with E-state index in [-0.39, 0.29) is 24.1 Å². The maximum atomic E-state index is 14.7. The summed E-state index contributed by atoms with van der Waals surface area (Å²) < 4.78 is 18.4. The van der Waals surface area contributed by atoms with Gasteiger partial charge in [-0.25, -0.2) is 14.4 Å². The molecule has 0 bridgehead atoms. The molecule has 196 valence electrons. The van der Waals surface area contributed by atoms with Crippen LogP contribution in [0, 0.1) is 17.1 Å². The van der Waals surface area contributed by atoms with Gasteiger partial charge in [0.2, 0.25) is 5.91 Å². The number of piperidine rings is 1. The van der Waals surface area contributed by atoms with Crippen LogP contribution in [-0.2, 0) is 11.3 Å². The lowest BCUT2D eigenvalue weighted by atomic mass is 10.0. The molecule has 10 nitrogen and oxygen atoms in total. The molecule has 3 aromatic heterocycles. The molecule has 5 aromatic rings. The van der Waals surface area contributed by atoms with Gasteiger partial charge in [-0.05, 0) is 37.1 Å². The van der Waals surface area contributed by atoms with E-state index in [1.54, 1.807) is 30.2 Å². The number of amides is 1. The molecule has 6 rings (SSSR count). The van der Waals surface area contributed by atoms with E-state index < -0.39 is 5.82 Å². The maximum absolute atomic E-state index is 14.7. The summed E-state index contributed by atoms with van der Waals surface area (Å²) in [5, 5.41) is 17.1. The Bertz CT molecular complexity index is 1770. The molecule has 2 aromatic carbocycles. The minimum absolute atomic E-state index is 0.0290. The van der Waals surface area contributed by atoms with E-state index in [2.05, 4.69) is 20.3 Å². The summed E-state index contributed by atoms with van der Waals surface area (Å²) in [5.74, 6) is -0.0357. The molecular formula is C28H26FN9O. The third-order valence-electron chi connectivity index (χ3n) is 7.13. The molecule has 1 amide bonds. The number of likely N-dealkylation sites (N-methyl/N-ethyl adjacent to an activating group) is 1. The second-order valence-electron chi connectivity index (χ2n) is 9.66. The number of hydrogen-bond acceptors (Lipinski definition) is 7. The molecule has 39 heavy (non-hydrogen) atoms. The van der Waals surface area contributed by atoms with E-state index in [1.807, 2.05) is 34.9 Å². The van der Waals surface area contributed by atoms with Crippen LogP contribution < -0.4 is 16.0 Å². The predicted octanol–water partition coefficient (Wildman–Crippen LogP) is 3.10. The van der Waals surface area contributed by atoms with Crippen molar-refractivity contribution in [2.24, 2.45) is 5.73 Å². The minimum Gasteiger partial charge on any atom is -0.358 e. The van der Waals surface area contributed by atoms with Gasteiger partial charge >= 0.3 is 0 Å². The van der Waals surface area contributed by atoms with Crippen molar-refractivity contribution in [2.75, 3.05) is 25.0 Å². The maximum Gasteiger partial charge on any atom is 0.241 e. The van der Waals surface area contributed by atoms with Gasteiger partial charge in [0.1, 0.15) is 18.4 Å². The number of nitrogens with zero attached hydrogens (tertiary/aromatic N) is 7. The highest BCUT2D eigenvalue weighted by atomic mass is 19.1. The molecule has 1 atom stereocenters. The van der Waals surface area contributed by atoms with Crippen molar-refractivity contribution in [3.8, 4) is 28.6 Å². The Kier molecular flexibility index (Phi) is 6.17. The Morgan fingerprint density at radius 1 is 1.26 bits per heavy atom. The van der Waals surface area contributed by atoms with Crippen molar-refractivity contribution in [1.82, 2.24) is 29.5 Å². The van der Waals surface area contributed by atoms with Crippen molar-refractivity contribution in [3.63, 3.8) is 0 Å². The molecule has 0 unspecified atom stereocenters. The Hall–Kier alpha value is -4.82. The Labute approximate surface area is 223 Å². The van der Waals surface area contributed by atoms with Crippen molar-refractivity contribution in [2.45, 2.75) is 25.4 Å².